The van der Waals surface area contributed by atoms with Crippen molar-refractivity contribution in [2.75, 3.05) is 0 Å². The molecule has 0 aromatic rings. The predicted octanol–water partition coefficient (Wildman–Crippen LogP) is 1.73. The van der Waals surface area contributed by atoms with Gasteiger partial charge in [-0.25, -0.2) is 0 Å². The standard InChI is InChI=1S/C20H38O7S.K.H/c1-5-9-11-15(7-3)13-17(18(21)22)20(19(23)24,28(25,26)27)14-16(8-4)12-10-6-2;;/h15-17H,5-14H2,1-4H3,(H,21,22)(H,23,24)(H,25,26,27);;/q;+1;-1. The van der Waals surface area contributed by atoms with E-state index in [4.69, 9.17) is 0 Å². The number of rotatable bonds is 16. The first kappa shape index (κ1) is 31.7. The van der Waals surface area contributed by atoms with Crippen molar-refractivity contribution in [3.05, 3.63) is 0 Å². The topological polar surface area (TPSA) is 129 Å². The number of hydrogen-bond donors (Lipinski definition) is 3. The maximum Gasteiger partial charge on any atom is 1.00 e. The maximum absolute atomic E-state index is 12.4. The van der Waals surface area contributed by atoms with Gasteiger partial charge in [0.2, 0.25) is 4.75 Å². The van der Waals surface area contributed by atoms with Crippen LogP contribution >= 0.6 is 0 Å². The van der Waals surface area contributed by atoms with Gasteiger partial charge in [-0.1, -0.05) is 79.1 Å². The van der Waals surface area contributed by atoms with Crippen LogP contribution in [0.2, 0.25) is 0 Å². The summed E-state index contributed by atoms with van der Waals surface area (Å²) in [7, 11) is -5.15. The van der Waals surface area contributed by atoms with Crippen LogP contribution in [0.4, 0.5) is 0 Å². The van der Waals surface area contributed by atoms with E-state index >= 15 is 0 Å². The Kier molecular flexibility index (Phi) is 16.7. The van der Waals surface area contributed by atoms with Crippen molar-refractivity contribution in [3.8, 4) is 0 Å². The Balaban J connectivity index is -0.00000364. The third kappa shape index (κ3) is 9.25. The normalized spacial score (nSPS) is 16.9. The van der Waals surface area contributed by atoms with Crippen LogP contribution in [0.25, 0.3) is 0 Å². The Hall–Kier alpha value is 0.486. The molecule has 3 N–H and O–H groups in total. The predicted molar refractivity (Wildman–Crippen MR) is 110 cm³/mol. The molecule has 0 rings (SSSR count). The summed E-state index contributed by atoms with van der Waals surface area (Å²) in [5.41, 5.74) is 0. The molecule has 0 spiro atoms. The molecule has 4 atom stereocenters. The van der Waals surface area contributed by atoms with E-state index in [9.17, 15) is 32.8 Å². The van der Waals surface area contributed by atoms with Crippen LogP contribution in [0.3, 0.4) is 0 Å². The van der Waals surface area contributed by atoms with Crippen LogP contribution in [0, 0.1) is 17.8 Å². The zero-order chi connectivity index (χ0) is 22.0. The van der Waals surface area contributed by atoms with Gasteiger partial charge < -0.3 is 11.6 Å². The number of unbranched alkanes of at least 4 members (excludes halogenated alkanes) is 2. The minimum Gasteiger partial charge on any atom is -1.00 e. The molecule has 0 aromatic carbocycles. The molecule has 29 heavy (non-hydrogen) atoms. The van der Waals surface area contributed by atoms with Gasteiger partial charge in [0.15, 0.2) is 0 Å². The molecule has 0 aliphatic heterocycles. The minimum atomic E-state index is -5.15. The van der Waals surface area contributed by atoms with Gasteiger partial charge in [-0.3, -0.25) is 14.1 Å². The molecule has 4 unspecified atom stereocenters. The Labute approximate surface area is 220 Å². The SMILES string of the molecule is CCCCC(CC)CC(C(=O)O)C(CC(CC)CCCC)(C(=O)O)S(=O)(=O)O.[H-].[K+]. The Morgan fingerprint density at radius 3 is 1.69 bits per heavy atom. The van der Waals surface area contributed by atoms with E-state index in [1.165, 1.54) is 0 Å². The Morgan fingerprint density at radius 1 is 0.931 bits per heavy atom. The molecule has 0 bridgehead atoms. The van der Waals surface area contributed by atoms with Crippen molar-refractivity contribution >= 4 is 22.1 Å². The monoisotopic (exact) mass is 462 g/mol. The zero-order valence-corrected chi connectivity index (χ0v) is 22.6. The van der Waals surface area contributed by atoms with E-state index in [1.54, 1.807) is 0 Å². The summed E-state index contributed by atoms with van der Waals surface area (Å²) in [6.07, 6.45) is 5.37. The van der Waals surface area contributed by atoms with E-state index in [0.717, 1.165) is 25.7 Å². The summed E-state index contributed by atoms with van der Waals surface area (Å²) in [4.78, 5) is 24.3. The fourth-order valence-corrected chi connectivity index (χ4v) is 5.18. The van der Waals surface area contributed by atoms with Gasteiger partial charge in [-0.15, -0.1) is 0 Å². The van der Waals surface area contributed by atoms with Crippen molar-refractivity contribution in [2.24, 2.45) is 17.8 Å². The van der Waals surface area contributed by atoms with Gasteiger partial charge in [-0.05, 0) is 24.7 Å². The van der Waals surface area contributed by atoms with Crippen LogP contribution in [-0.2, 0) is 19.7 Å². The third-order valence-electron chi connectivity index (χ3n) is 5.93. The summed E-state index contributed by atoms with van der Waals surface area (Å²) in [6, 6.07) is 0. The average Bonchev–Trinajstić information content (AvgIpc) is 2.61. The van der Waals surface area contributed by atoms with Crippen LogP contribution in [0.1, 0.15) is 93.3 Å². The second-order valence-corrected chi connectivity index (χ2v) is 9.51. The quantitative estimate of drug-likeness (QED) is 0.235. The largest absolute Gasteiger partial charge is 1.00 e. The van der Waals surface area contributed by atoms with E-state index in [1.807, 2.05) is 27.7 Å². The van der Waals surface area contributed by atoms with Crippen molar-refractivity contribution in [3.63, 3.8) is 0 Å². The minimum absolute atomic E-state index is 0. The Bertz CT molecular complexity index is 600. The zero-order valence-electron chi connectivity index (χ0n) is 19.7. The second-order valence-electron chi connectivity index (χ2n) is 7.83. The van der Waals surface area contributed by atoms with Crippen molar-refractivity contribution in [2.45, 2.75) is 96.7 Å². The number of aliphatic carboxylic acids is 2. The average molecular weight is 463 g/mol. The first-order chi connectivity index (χ1) is 13.0. The fraction of sp³-hybridized carbons (Fsp3) is 0.900. The van der Waals surface area contributed by atoms with Gasteiger partial charge in [-0.2, -0.15) is 8.42 Å². The van der Waals surface area contributed by atoms with Gasteiger partial charge in [0.1, 0.15) is 0 Å². The van der Waals surface area contributed by atoms with Gasteiger partial charge in [0.05, 0.1) is 5.92 Å². The molecule has 0 fully saturated rings. The molecule has 7 nitrogen and oxygen atoms in total. The van der Waals surface area contributed by atoms with E-state index < -0.39 is 39.1 Å². The van der Waals surface area contributed by atoms with Gasteiger partial charge in [0, 0.05) is 0 Å². The second kappa shape index (κ2) is 15.3. The summed E-state index contributed by atoms with van der Waals surface area (Å²) in [6.45, 7) is 7.67. The van der Waals surface area contributed by atoms with Crippen LogP contribution in [0.15, 0.2) is 0 Å². The van der Waals surface area contributed by atoms with E-state index in [-0.39, 0.29) is 71.1 Å². The molecule has 0 radical (unpaired) electrons. The van der Waals surface area contributed by atoms with Gasteiger partial charge in [0.25, 0.3) is 10.1 Å². The molecule has 0 saturated carbocycles. The molecular formula is C20H39KO7S. The maximum atomic E-state index is 12.4. The number of carboxylic acids is 2. The summed E-state index contributed by atoms with van der Waals surface area (Å²) in [5.74, 6) is -5.37. The van der Waals surface area contributed by atoms with Crippen molar-refractivity contribution < 1.29 is 85.6 Å². The molecule has 0 aromatic heterocycles. The summed E-state index contributed by atoms with van der Waals surface area (Å²) in [5, 5.41) is 19.7. The molecular weight excluding hydrogens is 423 g/mol. The Morgan fingerprint density at radius 2 is 1.38 bits per heavy atom. The van der Waals surface area contributed by atoms with Crippen molar-refractivity contribution in [1.29, 1.82) is 0 Å². The molecule has 0 aliphatic carbocycles. The summed E-state index contributed by atoms with van der Waals surface area (Å²) >= 11 is 0. The van der Waals surface area contributed by atoms with Crippen LogP contribution in [-0.4, -0.2) is 39.9 Å². The fourth-order valence-electron chi connectivity index (χ4n) is 3.95. The molecule has 0 heterocycles. The number of carboxylic acid groups (broad SMARTS) is 2. The molecule has 9 heteroatoms. The molecule has 0 amide bonds. The number of carbonyl (C=O) groups is 2. The van der Waals surface area contributed by atoms with Crippen LogP contribution < -0.4 is 51.4 Å². The van der Waals surface area contributed by atoms with Gasteiger partial charge >= 0.3 is 63.3 Å². The number of hydrogen-bond acceptors (Lipinski definition) is 4. The molecule has 0 aliphatic rings. The first-order valence-electron chi connectivity index (χ1n) is 10.4. The third-order valence-corrected chi connectivity index (χ3v) is 7.48. The molecule has 0 saturated heterocycles. The van der Waals surface area contributed by atoms with Crippen molar-refractivity contribution in [1.82, 2.24) is 0 Å². The van der Waals surface area contributed by atoms with E-state index in [2.05, 4.69) is 0 Å². The van der Waals surface area contributed by atoms with E-state index in [0.29, 0.717) is 25.7 Å². The smallest absolute Gasteiger partial charge is 1.00 e. The first-order valence-corrected chi connectivity index (χ1v) is 11.9. The molecule has 168 valence electrons. The summed E-state index contributed by atoms with van der Waals surface area (Å²) < 4.78 is 32.0. The van der Waals surface area contributed by atoms with Crippen LogP contribution in [0.5, 0.6) is 0 Å².